The molecule has 0 saturated carbocycles. The van der Waals surface area contributed by atoms with Gasteiger partial charge in [0, 0.05) is 24.9 Å². The standard InChI is InChI=1S/C25H31ClN2O2/c1-25(2)14-23(30)27-24-20(25)12-19(13-21(24)26)22(29)16-28-10-6-9-18(15-28)11-17-7-4-3-5-8-17/h3-5,7-8,12-13,18,22,29H,6,9-11,14-16H2,1-2H3,(H,27,30)/t18-,22?/m0/s1. The molecule has 2 aromatic rings. The topological polar surface area (TPSA) is 52.6 Å². The number of hydrogen-bond acceptors (Lipinski definition) is 3. The Balaban J connectivity index is 1.45. The molecule has 1 amide bonds. The predicted octanol–water partition coefficient (Wildman–Crippen LogP) is 4.95. The molecule has 2 aliphatic rings. The first-order valence-corrected chi connectivity index (χ1v) is 11.3. The van der Waals surface area contributed by atoms with E-state index in [-0.39, 0.29) is 11.3 Å². The van der Waals surface area contributed by atoms with Gasteiger partial charge in [0.2, 0.25) is 5.91 Å². The van der Waals surface area contributed by atoms with Crippen molar-refractivity contribution < 1.29 is 9.90 Å². The maximum atomic E-state index is 12.0. The molecule has 1 fully saturated rings. The predicted molar refractivity (Wildman–Crippen MR) is 122 cm³/mol. The Morgan fingerprint density at radius 1 is 1.27 bits per heavy atom. The molecule has 4 nitrogen and oxygen atoms in total. The number of nitrogens with zero attached hydrogens (tertiary/aromatic N) is 1. The summed E-state index contributed by atoms with van der Waals surface area (Å²) in [6, 6.07) is 14.5. The minimum Gasteiger partial charge on any atom is -0.387 e. The van der Waals surface area contributed by atoms with Gasteiger partial charge in [-0.1, -0.05) is 61.8 Å². The van der Waals surface area contributed by atoms with Crippen molar-refractivity contribution in [2.45, 2.75) is 51.0 Å². The van der Waals surface area contributed by atoms with Crippen molar-refractivity contribution in [3.63, 3.8) is 0 Å². The summed E-state index contributed by atoms with van der Waals surface area (Å²) in [5.41, 5.74) is 3.60. The van der Waals surface area contributed by atoms with Crippen LogP contribution >= 0.6 is 11.6 Å². The lowest BCUT2D eigenvalue weighted by molar-refractivity contribution is -0.117. The lowest BCUT2D eigenvalue weighted by Gasteiger charge is -2.35. The van der Waals surface area contributed by atoms with Crippen LogP contribution in [0.25, 0.3) is 0 Å². The van der Waals surface area contributed by atoms with Crippen molar-refractivity contribution in [2.24, 2.45) is 5.92 Å². The second-order valence-electron chi connectivity index (χ2n) is 9.51. The second kappa shape index (κ2) is 8.70. The second-order valence-corrected chi connectivity index (χ2v) is 9.91. The van der Waals surface area contributed by atoms with Gasteiger partial charge in [-0.25, -0.2) is 0 Å². The normalized spacial score (nSPS) is 22.3. The molecule has 1 saturated heterocycles. The number of carbonyl (C=O) groups is 1. The summed E-state index contributed by atoms with van der Waals surface area (Å²) in [5, 5.41) is 14.4. The lowest BCUT2D eigenvalue weighted by Crippen LogP contribution is -2.39. The largest absolute Gasteiger partial charge is 0.387 e. The first-order valence-electron chi connectivity index (χ1n) is 10.9. The van der Waals surface area contributed by atoms with Crippen LogP contribution in [0.3, 0.4) is 0 Å². The highest BCUT2D eigenvalue weighted by Crippen LogP contribution is 2.42. The molecule has 2 atom stereocenters. The number of amides is 1. The maximum Gasteiger partial charge on any atom is 0.225 e. The van der Waals surface area contributed by atoms with E-state index < -0.39 is 6.10 Å². The fourth-order valence-electron chi connectivity index (χ4n) is 4.94. The molecule has 160 valence electrons. The molecule has 2 N–H and O–H groups in total. The summed E-state index contributed by atoms with van der Waals surface area (Å²) in [7, 11) is 0. The maximum absolute atomic E-state index is 12.0. The van der Waals surface area contributed by atoms with Crippen LogP contribution in [-0.4, -0.2) is 35.5 Å². The van der Waals surface area contributed by atoms with E-state index >= 15 is 0 Å². The zero-order valence-corrected chi connectivity index (χ0v) is 18.6. The summed E-state index contributed by atoms with van der Waals surface area (Å²) in [6.07, 6.45) is 3.31. The Hall–Kier alpha value is -1.88. The molecule has 2 heterocycles. The van der Waals surface area contributed by atoms with E-state index in [1.807, 2.05) is 6.07 Å². The molecule has 0 bridgehead atoms. The number of aliphatic hydroxyl groups is 1. The Bertz CT molecular complexity index is 913. The van der Waals surface area contributed by atoms with Crippen LogP contribution in [0.15, 0.2) is 42.5 Å². The van der Waals surface area contributed by atoms with Crippen molar-refractivity contribution in [3.8, 4) is 0 Å². The number of likely N-dealkylation sites (tertiary alicyclic amines) is 1. The van der Waals surface area contributed by atoms with E-state index in [1.165, 1.54) is 12.0 Å². The minimum atomic E-state index is -0.600. The van der Waals surface area contributed by atoms with E-state index in [4.69, 9.17) is 11.6 Å². The van der Waals surface area contributed by atoms with Crippen LogP contribution in [0.2, 0.25) is 5.02 Å². The molecule has 4 rings (SSSR count). The van der Waals surface area contributed by atoms with Gasteiger partial charge in [0.25, 0.3) is 0 Å². The highest BCUT2D eigenvalue weighted by Gasteiger charge is 2.34. The van der Waals surface area contributed by atoms with Gasteiger partial charge in [0.15, 0.2) is 0 Å². The zero-order chi connectivity index (χ0) is 21.3. The van der Waals surface area contributed by atoms with E-state index in [0.717, 1.165) is 37.1 Å². The van der Waals surface area contributed by atoms with Crippen LogP contribution in [-0.2, 0) is 16.6 Å². The molecule has 2 aromatic carbocycles. The van der Waals surface area contributed by atoms with E-state index in [1.54, 1.807) is 6.07 Å². The highest BCUT2D eigenvalue weighted by atomic mass is 35.5. The summed E-state index contributed by atoms with van der Waals surface area (Å²) < 4.78 is 0. The van der Waals surface area contributed by atoms with Gasteiger partial charge in [-0.2, -0.15) is 0 Å². The van der Waals surface area contributed by atoms with Gasteiger partial charge in [-0.05, 0) is 54.5 Å². The highest BCUT2D eigenvalue weighted by molar-refractivity contribution is 6.34. The number of hydrogen-bond donors (Lipinski definition) is 2. The van der Waals surface area contributed by atoms with Crippen LogP contribution in [0.5, 0.6) is 0 Å². The first kappa shape index (κ1) is 21.4. The third kappa shape index (κ3) is 4.72. The molecule has 30 heavy (non-hydrogen) atoms. The van der Waals surface area contributed by atoms with Crippen molar-refractivity contribution in [1.29, 1.82) is 0 Å². The molecule has 2 aliphatic heterocycles. The van der Waals surface area contributed by atoms with E-state index in [2.05, 4.69) is 54.4 Å². The smallest absolute Gasteiger partial charge is 0.225 e. The first-order chi connectivity index (χ1) is 14.3. The van der Waals surface area contributed by atoms with Gasteiger partial charge in [0.1, 0.15) is 0 Å². The summed E-state index contributed by atoms with van der Waals surface area (Å²) >= 11 is 6.50. The quantitative estimate of drug-likeness (QED) is 0.711. The molecule has 5 heteroatoms. The number of benzene rings is 2. The number of aliphatic hydroxyl groups excluding tert-OH is 1. The van der Waals surface area contributed by atoms with Gasteiger partial charge in [-0.3, -0.25) is 4.79 Å². The number of piperidine rings is 1. The summed E-state index contributed by atoms with van der Waals surface area (Å²) in [5.74, 6) is 0.607. The average molecular weight is 427 g/mol. The van der Waals surface area contributed by atoms with Crippen LogP contribution in [0.1, 0.15) is 55.9 Å². The fourth-order valence-corrected chi connectivity index (χ4v) is 5.22. The molecule has 0 spiro atoms. The van der Waals surface area contributed by atoms with Crippen molar-refractivity contribution in [2.75, 3.05) is 25.0 Å². The van der Waals surface area contributed by atoms with Crippen LogP contribution in [0.4, 0.5) is 5.69 Å². The number of rotatable bonds is 5. The van der Waals surface area contributed by atoms with Gasteiger partial charge in [-0.15, -0.1) is 0 Å². The van der Waals surface area contributed by atoms with Gasteiger partial charge in [0.05, 0.1) is 16.8 Å². The third-order valence-corrected chi connectivity index (χ3v) is 6.79. The number of nitrogens with one attached hydrogen (secondary N) is 1. The number of β-amino-alcohol motifs (C(OH)–C–C–N with tert-alkyl or cyclic N) is 1. The minimum absolute atomic E-state index is 0.0135. The molecule has 0 radical (unpaired) electrons. The monoisotopic (exact) mass is 426 g/mol. The summed E-state index contributed by atoms with van der Waals surface area (Å²) in [4.78, 5) is 14.4. The van der Waals surface area contributed by atoms with E-state index in [0.29, 0.717) is 29.6 Å². The SMILES string of the molecule is CC1(C)CC(=O)Nc2c(Cl)cc(C(O)CN3CCC[C@@H](Cc4ccccc4)C3)cc21. The molecular weight excluding hydrogens is 396 g/mol. The Morgan fingerprint density at radius 2 is 2.03 bits per heavy atom. The number of fused-ring (bicyclic) bond motifs is 1. The van der Waals surface area contributed by atoms with Crippen molar-refractivity contribution in [1.82, 2.24) is 4.90 Å². The van der Waals surface area contributed by atoms with Crippen molar-refractivity contribution in [3.05, 3.63) is 64.2 Å². The third-order valence-electron chi connectivity index (χ3n) is 6.49. The number of carbonyl (C=O) groups excluding carboxylic acids is 1. The molecule has 0 aromatic heterocycles. The Labute approximate surface area is 184 Å². The Morgan fingerprint density at radius 3 is 2.80 bits per heavy atom. The van der Waals surface area contributed by atoms with Crippen LogP contribution < -0.4 is 5.32 Å². The molecule has 0 aliphatic carbocycles. The molecule has 1 unspecified atom stereocenters. The van der Waals surface area contributed by atoms with Gasteiger partial charge < -0.3 is 15.3 Å². The van der Waals surface area contributed by atoms with Crippen LogP contribution in [0, 0.1) is 5.92 Å². The average Bonchev–Trinajstić information content (AvgIpc) is 2.69. The number of anilines is 1. The number of halogens is 1. The Kier molecular flexibility index (Phi) is 6.19. The molecular formula is C25H31ClN2O2. The zero-order valence-electron chi connectivity index (χ0n) is 17.8. The van der Waals surface area contributed by atoms with Crippen molar-refractivity contribution >= 4 is 23.2 Å². The van der Waals surface area contributed by atoms with E-state index in [9.17, 15) is 9.90 Å². The summed E-state index contributed by atoms with van der Waals surface area (Å²) in [6.45, 7) is 6.73. The van der Waals surface area contributed by atoms with Gasteiger partial charge >= 0.3 is 0 Å². The fraction of sp³-hybridized carbons (Fsp3) is 0.480. The lowest BCUT2D eigenvalue weighted by atomic mass is 9.77.